The molecule has 18 heavy (non-hydrogen) atoms. The van der Waals surface area contributed by atoms with E-state index >= 15 is 0 Å². The van der Waals surface area contributed by atoms with Crippen LogP contribution in [-0.4, -0.2) is 37.0 Å². The first-order valence-corrected chi connectivity index (χ1v) is 7.63. The number of benzene rings is 1. The molecule has 1 aliphatic heterocycles. The first kappa shape index (κ1) is 11.5. The number of methoxy groups -OCH3 is 1. The van der Waals surface area contributed by atoms with Gasteiger partial charge in [-0.05, 0) is 18.6 Å². The SMILES string of the molecule is COc1ccc2nc(C3CCS(=O)(=O)C3)[nH]c2c1. The molecule has 1 N–H and O–H groups in total. The standard InChI is InChI=1S/C12H14N2O3S/c1-17-9-2-3-10-11(6-9)14-12(13-10)8-4-5-18(15,16)7-8/h2-3,6,8H,4-5,7H2,1H3,(H,13,14). The number of rotatable bonds is 2. The highest BCUT2D eigenvalue weighted by Gasteiger charge is 2.31. The Bertz CT molecular complexity index is 690. The molecule has 3 rings (SSSR count). The van der Waals surface area contributed by atoms with Crippen molar-refractivity contribution in [3.05, 3.63) is 24.0 Å². The van der Waals surface area contributed by atoms with Crippen LogP contribution in [0.25, 0.3) is 11.0 Å². The van der Waals surface area contributed by atoms with Gasteiger partial charge in [0.1, 0.15) is 11.6 Å². The molecule has 2 aromatic rings. The number of ether oxygens (including phenoxy) is 1. The molecular formula is C12H14N2O3S. The highest BCUT2D eigenvalue weighted by atomic mass is 32.2. The van der Waals surface area contributed by atoms with Crippen LogP contribution >= 0.6 is 0 Å². The molecule has 0 radical (unpaired) electrons. The molecule has 0 aliphatic carbocycles. The zero-order chi connectivity index (χ0) is 12.8. The summed E-state index contributed by atoms with van der Waals surface area (Å²) < 4.78 is 28.1. The Kier molecular flexibility index (Phi) is 2.55. The Labute approximate surface area is 105 Å². The Morgan fingerprint density at radius 2 is 2.28 bits per heavy atom. The number of sulfone groups is 1. The number of hydrogen-bond acceptors (Lipinski definition) is 4. The normalized spacial score (nSPS) is 22.4. The average molecular weight is 266 g/mol. The molecule has 96 valence electrons. The van der Waals surface area contributed by atoms with Gasteiger partial charge < -0.3 is 9.72 Å². The summed E-state index contributed by atoms with van der Waals surface area (Å²) >= 11 is 0. The molecule has 1 unspecified atom stereocenters. The van der Waals surface area contributed by atoms with E-state index in [1.54, 1.807) is 7.11 Å². The molecule has 1 aliphatic rings. The molecule has 1 fully saturated rings. The second-order valence-corrected chi connectivity index (χ2v) is 6.83. The van der Waals surface area contributed by atoms with E-state index in [-0.39, 0.29) is 17.4 Å². The molecule has 0 bridgehead atoms. The smallest absolute Gasteiger partial charge is 0.151 e. The molecule has 0 saturated carbocycles. The maximum Gasteiger partial charge on any atom is 0.151 e. The van der Waals surface area contributed by atoms with E-state index in [2.05, 4.69) is 9.97 Å². The fraction of sp³-hybridized carbons (Fsp3) is 0.417. The van der Waals surface area contributed by atoms with E-state index in [9.17, 15) is 8.42 Å². The van der Waals surface area contributed by atoms with Gasteiger partial charge in [0, 0.05) is 12.0 Å². The quantitative estimate of drug-likeness (QED) is 0.893. The number of nitrogens with one attached hydrogen (secondary N) is 1. The number of fused-ring (bicyclic) bond motifs is 1. The zero-order valence-electron chi connectivity index (χ0n) is 10.0. The minimum Gasteiger partial charge on any atom is -0.497 e. The van der Waals surface area contributed by atoms with Crippen LogP contribution in [0.15, 0.2) is 18.2 Å². The highest BCUT2D eigenvalue weighted by Crippen LogP contribution is 2.29. The molecule has 1 atom stereocenters. The van der Waals surface area contributed by atoms with Gasteiger partial charge in [-0.2, -0.15) is 0 Å². The first-order valence-electron chi connectivity index (χ1n) is 5.81. The van der Waals surface area contributed by atoms with Crippen molar-refractivity contribution in [2.75, 3.05) is 18.6 Å². The van der Waals surface area contributed by atoms with Gasteiger partial charge in [0.2, 0.25) is 0 Å². The van der Waals surface area contributed by atoms with Crippen LogP contribution < -0.4 is 4.74 Å². The third-order valence-electron chi connectivity index (χ3n) is 3.33. The molecule has 0 spiro atoms. The summed E-state index contributed by atoms with van der Waals surface area (Å²) in [5.74, 6) is 1.98. The fourth-order valence-electron chi connectivity index (χ4n) is 2.34. The number of aromatic nitrogens is 2. The summed E-state index contributed by atoms with van der Waals surface area (Å²) in [4.78, 5) is 7.65. The van der Waals surface area contributed by atoms with Crippen molar-refractivity contribution < 1.29 is 13.2 Å². The highest BCUT2D eigenvalue weighted by molar-refractivity contribution is 7.91. The maximum absolute atomic E-state index is 11.5. The molecular weight excluding hydrogens is 252 g/mol. The summed E-state index contributed by atoms with van der Waals surface area (Å²) in [5, 5.41) is 0. The number of hydrogen-bond donors (Lipinski definition) is 1. The van der Waals surface area contributed by atoms with E-state index in [1.165, 1.54) is 0 Å². The monoisotopic (exact) mass is 266 g/mol. The van der Waals surface area contributed by atoms with Gasteiger partial charge in [-0.15, -0.1) is 0 Å². The zero-order valence-corrected chi connectivity index (χ0v) is 10.8. The predicted octanol–water partition coefficient (Wildman–Crippen LogP) is 1.47. The fourth-order valence-corrected chi connectivity index (χ4v) is 4.09. The molecule has 2 heterocycles. The van der Waals surface area contributed by atoms with Crippen LogP contribution in [0, 0.1) is 0 Å². The van der Waals surface area contributed by atoms with E-state index in [0.29, 0.717) is 6.42 Å². The van der Waals surface area contributed by atoms with Crippen molar-refractivity contribution in [1.82, 2.24) is 9.97 Å². The van der Waals surface area contributed by atoms with Crippen LogP contribution in [-0.2, 0) is 9.84 Å². The van der Waals surface area contributed by atoms with Crippen molar-refractivity contribution >= 4 is 20.9 Å². The van der Waals surface area contributed by atoms with Crippen molar-refractivity contribution in [3.8, 4) is 5.75 Å². The van der Waals surface area contributed by atoms with Gasteiger partial charge >= 0.3 is 0 Å². The predicted molar refractivity (Wildman–Crippen MR) is 68.7 cm³/mol. The van der Waals surface area contributed by atoms with Gasteiger partial charge in [0.25, 0.3) is 0 Å². The van der Waals surface area contributed by atoms with Gasteiger partial charge in [-0.25, -0.2) is 13.4 Å². The Morgan fingerprint density at radius 3 is 2.94 bits per heavy atom. The van der Waals surface area contributed by atoms with Crippen LogP contribution in [0.3, 0.4) is 0 Å². The molecule has 1 aromatic heterocycles. The molecule has 1 aromatic carbocycles. The summed E-state index contributed by atoms with van der Waals surface area (Å²) in [6.07, 6.45) is 0.652. The third-order valence-corrected chi connectivity index (χ3v) is 5.09. The van der Waals surface area contributed by atoms with Crippen LogP contribution in [0.4, 0.5) is 0 Å². The average Bonchev–Trinajstić information content (AvgIpc) is 2.90. The second-order valence-electron chi connectivity index (χ2n) is 4.61. The van der Waals surface area contributed by atoms with E-state index in [0.717, 1.165) is 22.6 Å². The lowest BCUT2D eigenvalue weighted by molar-refractivity contribution is 0.415. The van der Waals surface area contributed by atoms with E-state index in [1.807, 2.05) is 18.2 Å². The minimum absolute atomic E-state index is 0.00612. The Balaban J connectivity index is 1.99. The number of imidazole rings is 1. The van der Waals surface area contributed by atoms with Gasteiger partial charge in [0.15, 0.2) is 9.84 Å². The van der Waals surface area contributed by atoms with Crippen molar-refractivity contribution in [1.29, 1.82) is 0 Å². The lowest BCUT2D eigenvalue weighted by atomic mass is 10.1. The summed E-state index contributed by atoms with van der Waals surface area (Å²) in [5.41, 5.74) is 1.73. The van der Waals surface area contributed by atoms with Gasteiger partial charge in [-0.1, -0.05) is 0 Å². The van der Waals surface area contributed by atoms with Crippen molar-refractivity contribution in [2.45, 2.75) is 12.3 Å². The lowest BCUT2D eigenvalue weighted by Gasteiger charge is -2.01. The topological polar surface area (TPSA) is 72.0 Å². The largest absolute Gasteiger partial charge is 0.497 e. The molecule has 0 amide bonds. The molecule has 6 heteroatoms. The molecule has 5 nitrogen and oxygen atoms in total. The number of aromatic amines is 1. The summed E-state index contributed by atoms with van der Waals surface area (Å²) in [6, 6.07) is 5.59. The number of nitrogens with zero attached hydrogens (tertiary/aromatic N) is 1. The van der Waals surface area contributed by atoms with Crippen LogP contribution in [0.5, 0.6) is 5.75 Å². The van der Waals surface area contributed by atoms with Crippen molar-refractivity contribution in [3.63, 3.8) is 0 Å². The summed E-state index contributed by atoms with van der Waals surface area (Å²) in [7, 11) is -1.27. The van der Waals surface area contributed by atoms with Crippen molar-refractivity contribution in [2.24, 2.45) is 0 Å². The Hall–Kier alpha value is -1.56. The van der Waals surface area contributed by atoms with Crippen LogP contribution in [0.1, 0.15) is 18.2 Å². The van der Waals surface area contributed by atoms with Gasteiger partial charge in [-0.3, -0.25) is 0 Å². The van der Waals surface area contributed by atoms with E-state index < -0.39 is 9.84 Å². The maximum atomic E-state index is 11.5. The number of H-pyrrole nitrogens is 1. The lowest BCUT2D eigenvalue weighted by Crippen LogP contribution is -2.04. The Morgan fingerprint density at radius 1 is 1.44 bits per heavy atom. The van der Waals surface area contributed by atoms with Gasteiger partial charge in [0.05, 0.1) is 29.6 Å². The third kappa shape index (κ3) is 1.96. The second kappa shape index (κ2) is 3.98. The van der Waals surface area contributed by atoms with Crippen LogP contribution in [0.2, 0.25) is 0 Å². The first-order chi connectivity index (χ1) is 8.57. The summed E-state index contributed by atoms with van der Waals surface area (Å²) in [6.45, 7) is 0. The molecule has 1 saturated heterocycles. The minimum atomic E-state index is -2.88. The van der Waals surface area contributed by atoms with E-state index in [4.69, 9.17) is 4.74 Å².